The summed E-state index contributed by atoms with van der Waals surface area (Å²) in [6.07, 6.45) is 6.57. The van der Waals surface area contributed by atoms with E-state index in [9.17, 15) is 0 Å². The minimum Gasteiger partial charge on any atom is -0.497 e. The molecule has 0 spiro atoms. The zero-order valence-corrected chi connectivity index (χ0v) is 17.1. The second-order valence-corrected chi connectivity index (χ2v) is 7.93. The summed E-state index contributed by atoms with van der Waals surface area (Å²) in [7, 11) is 1.71. The number of ether oxygens (including phenoxy) is 1. The molecule has 0 saturated carbocycles. The SMILES string of the molecule is COc1ccc2nc3cc(C)ccc3c(NCCCCN3CCCCC3)c2c1. The molecule has 4 rings (SSSR count). The molecule has 0 radical (unpaired) electrons. The van der Waals surface area contributed by atoms with Crippen molar-refractivity contribution < 1.29 is 4.74 Å². The van der Waals surface area contributed by atoms with Gasteiger partial charge >= 0.3 is 0 Å². The van der Waals surface area contributed by atoms with Gasteiger partial charge in [0.25, 0.3) is 0 Å². The molecule has 2 heterocycles. The van der Waals surface area contributed by atoms with Crippen molar-refractivity contribution in [3.05, 3.63) is 42.0 Å². The number of methoxy groups -OCH3 is 1. The van der Waals surface area contributed by atoms with Gasteiger partial charge in [-0.1, -0.05) is 18.6 Å². The molecule has 28 heavy (non-hydrogen) atoms. The molecule has 0 bridgehead atoms. The van der Waals surface area contributed by atoms with E-state index < -0.39 is 0 Å². The van der Waals surface area contributed by atoms with E-state index in [4.69, 9.17) is 9.72 Å². The molecule has 2 aromatic carbocycles. The lowest BCUT2D eigenvalue weighted by Gasteiger charge is -2.26. The van der Waals surface area contributed by atoms with Gasteiger partial charge in [0.1, 0.15) is 5.75 Å². The van der Waals surface area contributed by atoms with E-state index in [1.807, 2.05) is 6.07 Å². The molecular formula is C24H31N3O. The van der Waals surface area contributed by atoms with Crippen LogP contribution in [0.2, 0.25) is 0 Å². The summed E-state index contributed by atoms with van der Waals surface area (Å²) in [5.74, 6) is 0.869. The Morgan fingerprint density at radius 2 is 1.82 bits per heavy atom. The number of aromatic nitrogens is 1. The smallest absolute Gasteiger partial charge is 0.119 e. The minimum atomic E-state index is 0.869. The quantitative estimate of drug-likeness (QED) is 0.443. The van der Waals surface area contributed by atoms with Crippen molar-refractivity contribution >= 4 is 27.5 Å². The standard InChI is InChI=1S/C24H31N3O/c1-18-8-10-20-23(16-18)26-22-11-9-19(28-2)17-21(22)24(20)25-12-4-7-15-27-13-5-3-6-14-27/h8-11,16-17H,3-7,12-15H2,1-2H3,(H,25,26). The van der Waals surface area contributed by atoms with Gasteiger partial charge in [-0.3, -0.25) is 0 Å². The number of unbranched alkanes of at least 4 members (excludes halogenated alkanes) is 1. The largest absolute Gasteiger partial charge is 0.497 e. The Bertz CT molecular complexity index is 947. The van der Waals surface area contributed by atoms with E-state index >= 15 is 0 Å². The Kier molecular flexibility index (Phi) is 5.96. The maximum atomic E-state index is 5.46. The second-order valence-electron chi connectivity index (χ2n) is 7.93. The van der Waals surface area contributed by atoms with Crippen molar-refractivity contribution in [1.82, 2.24) is 9.88 Å². The van der Waals surface area contributed by atoms with Crippen LogP contribution in [0.15, 0.2) is 36.4 Å². The lowest BCUT2D eigenvalue weighted by molar-refractivity contribution is 0.225. The summed E-state index contributed by atoms with van der Waals surface area (Å²) in [5.41, 5.74) is 4.47. The third-order valence-electron chi connectivity index (χ3n) is 5.79. The summed E-state index contributed by atoms with van der Waals surface area (Å²) >= 11 is 0. The van der Waals surface area contributed by atoms with Crippen LogP contribution in [0.25, 0.3) is 21.8 Å². The molecule has 1 saturated heterocycles. The van der Waals surface area contributed by atoms with E-state index in [0.29, 0.717) is 0 Å². The van der Waals surface area contributed by atoms with Gasteiger partial charge in [-0.05, 0) is 82.1 Å². The van der Waals surface area contributed by atoms with Crippen LogP contribution in [0.5, 0.6) is 5.75 Å². The Morgan fingerprint density at radius 3 is 2.64 bits per heavy atom. The molecular weight excluding hydrogens is 346 g/mol. The molecule has 0 unspecified atom stereocenters. The van der Waals surface area contributed by atoms with E-state index in [-0.39, 0.29) is 0 Å². The number of pyridine rings is 1. The topological polar surface area (TPSA) is 37.4 Å². The molecule has 148 valence electrons. The Balaban J connectivity index is 1.52. The van der Waals surface area contributed by atoms with E-state index in [1.165, 1.54) is 68.4 Å². The van der Waals surface area contributed by atoms with E-state index in [2.05, 4.69) is 47.5 Å². The molecule has 3 aromatic rings. The van der Waals surface area contributed by atoms with Crippen LogP contribution in [-0.4, -0.2) is 43.2 Å². The second kappa shape index (κ2) is 8.78. The van der Waals surface area contributed by atoms with Crippen LogP contribution in [0.4, 0.5) is 5.69 Å². The van der Waals surface area contributed by atoms with Crippen LogP contribution >= 0.6 is 0 Å². The average molecular weight is 378 g/mol. The fraction of sp³-hybridized carbons (Fsp3) is 0.458. The summed E-state index contributed by atoms with van der Waals surface area (Å²) in [5, 5.41) is 6.04. The number of hydrogen-bond donors (Lipinski definition) is 1. The molecule has 0 aliphatic carbocycles. The number of nitrogens with one attached hydrogen (secondary N) is 1. The fourth-order valence-corrected chi connectivity index (χ4v) is 4.21. The van der Waals surface area contributed by atoms with Gasteiger partial charge in [0.2, 0.25) is 0 Å². The summed E-state index contributed by atoms with van der Waals surface area (Å²) < 4.78 is 5.46. The van der Waals surface area contributed by atoms with Gasteiger partial charge in [0.15, 0.2) is 0 Å². The first-order valence-electron chi connectivity index (χ1n) is 10.6. The van der Waals surface area contributed by atoms with Gasteiger partial charge in [0.05, 0.1) is 23.8 Å². The van der Waals surface area contributed by atoms with Gasteiger partial charge in [-0.25, -0.2) is 4.98 Å². The summed E-state index contributed by atoms with van der Waals surface area (Å²) in [4.78, 5) is 7.50. The highest BCUT2D eigenvalue weighted by atomic mass is 16.5. The predicted octanol–water partition coefficient (Wildman–Crippen LogP) is 5.38. The van der Waals surface area contributed by atoms with Crippen LogP contribution in [0.3, 0.4) is 0 Å². The molecule has 1 fully saturated rings. The highest BCUT2D eigenvalue weighted by Crippen LogP contribution is 2.33. The molecule has 4 heteroatoms. The van der Waals surface area contributed by atoms with Gasteiger partial charge in [0, 0.05) is 17.3 Å². The monoisotopic (exact) mass is 377 g/mol. The zero-order valence-electron chi connectivity index (χ0n) is 17.1. The van der Waals surface area contributed by atoms with Crippen LogP contribution in [0.1, 0.15) is 37.7 Å². The predicted molar refractivity (Wildman–Crippen MR) is 119 cm³/mol. The van der Waals surface area contributed by atoms with Crippen molar-refractivity contribution in [2.24, 2.45) is 0 Å². The highest BCUT2D eigenvalue weighted by Gasteiger charge is 2.11. The first-order valence-corrected chi connectivity index (χ1v) is 10.6. The van der Waals surface area contributed by atoms with Gasteiger partial charge in [-0.15, -0.1) is 0 Å². The first kappa shape index (κ1) is 19.0. The Labute approximate surface area is 167 Å². The van der Waals surface area contributed by atoms with Crippen molar-refractivity contribution in [2.75, 3.05) is 38.6 Å². The molecule has 0 amide bonds. The molecule has 1 aliphatic rings. The number of piperidine rings is 1. The maximum Gasteiger partial charge on any atom is 0.119 e. The van der Waals surface area contributed by atoms with E-state index in [1.54, 1.807) is 7.11 Å². The molecule has 1 N–H and O–H groups in total. The van der Waals surface area contributed by atoms with Gasteiger partial charge in [-0.2, -0.15) is 0 Å². The van der Waals surface area contributed by atoms with Crippen molar-refractivity contribution in [2.45, 2.75) is 39.0 Å². The zero-order chi connectivity index (χ0) is 19.3. The summed E-state index contributed by atoms with van der Waals surface area (Å²) in [6.45, 7) is 6.89. The van der Waals surface area contributed by atoms with Crippen LogP contribution in [-0.2, 0) is 0 Å². The first-order chi connectivity index (χ1) is 13.7. The van der Waals surface area contributed by atoms with Crippen molar-refractivity contribution in [3.63, 3.8) is 0 Å². The number of likely N-dealkylation sites (tertiary alicyclic amines) is 1. The number of hydrogen-bond acceptors (Lipinski definition) is 4. The van der Waals surface area contributed by atoms with Crippen molar-refractivity contribution in [3.8, 4) is 5.75 Å². The molecule has 0 atom stereocenters. The number of fused-ring (bicyclic) bond motifs is 2. The normalized spacial score (nSPS) is 15.2. The number of nitrogens with zero attached hydrogens (tertiary/aromatic N) is 2. The molecule has 1 aromatic heterocycles. The lowest BCUT2D eigenvalue weighted by atomic mass is 10.1. The lowest BCUT2D eigenvalue weighted by Crippen LogP contribution is -2.30. The third-order valence-corrected chi connectivity index (χ3v) is 5.79. The summed E-state index contributed by atoms with van der Waals surface area (Å²) in [6, 6.07) is 12.7. The minimum absolute atomic E-state index is 0.869. The number of rotatable bonds is 7. The third kappa shape index (κ3) is 4.22. The van der Waals surface area contributed by atoms with Gasteiger partial charge < -0.3 is 15.0 Å². The number of benzene rings is 2. The highest BCUT2D eigenvalue weighted by molar-refractivity contribution is 6.07. The van der Waals surface area contributed by atoms with Crippen molar-refractivity contribution in [1.29, 1.82) is 0 Å². The average Bonchev–Trinajstić information content (AvgIpc) is 2.73. The van der Waals surface area contributed by atoms with E-state index in [0.717, 1.165) is 28.7 Å². The number of aryl methyl sites for hydroxylation is 1. The van der Waals surface area contributed by atoms with Crippen LogP contribution in [0, 0.1) is 6.92 Å². The molecule has 4 nitrogen and oxygen atoms in total. The Morgan fingerprint density at radius 1 is 0.964 bits per heavy atom. The fourth-order valence-electron chi connectivity index (χ4n) is 4.21. The van der Waals surface area contributed by atoms with Crippen LogP contribution < -0.4 is 10.1 Å². The molecule has 1 aliphatic heterocycles. The number of anilines is 1. The Hall–Kier alpha value is -2.33. The maximum absolute atomic E-state index is 5.46.